The fraction of sp³-hybridized carbons (Fsp3) is 1.00. The Morgan fingerprint density at radius 3 is 2.53 bits per heavy atom. The highest BCUT2D eigenvalue weighted by atomic mass is 15.3. The van der Waals surface area contributed by atoms with E-state index in [0.29, 0.717) is 6.04 Å². The Kier molecular flexibility index (Phi) is 3.06. The fourth-order valence-electron chi connectivity index (χ4n) is 2.72. The van der Waals surface area contributed by atoms with Crippen molar-refractivity contribution in [2.24, 2.45) is 11.7 Å². The molecule has 2 rings (SSSR count). The highest BCUT2D eigenvalue weighted by Gasteiger charge is 2.40. The number of rotatable bonds is 3. The Hall–Kier alpha value is -0.120. The lowest BCUT2D eigenvalue weighted by molar-refractivity contribution is 0.0765. The third-order valence-corrected chi connectivity index (χ3v) is 4.02. The van der Waals surface area contributed by atoms with Crippen LogP contribution in [0.4, 0.5) is 0 Å². The van der Waals surface area contributed by atoms with Gasteiger partial charge in [-0.15, -0.1) is 0 Å². The Balaban J connectivity index is 1.88. The molecule has 1 aliphatic heterocycles. The number of piperazine rings is 1. The van der Waals surface area contributed by atoms with Gasteiger partial charge in [-0.1, -0.05) is 0 Å². The predicted molar refractivity (Wildman–Crippen MR) is 63.8 cm³/mol. The lowest BCUT2D eigenvalue weighted by Crippen LogP contribution is -2.57. The maximum atomic E-state index is 6.39. The lowest BCUT2D eigenvalue weighted by atomic mass is 9.95. The Bertz CT molecular complexity index is 223. The van der Waals surface area contributed by atoms with E-state index in [1.54, 1.807) is 0 Å². The zero-order valence-electron chi connectivity index (χ0n) is 10.4. The number of nitrogens with zero attached hydrogens (tertiary/aromatic N) is 2. The minimum absolute atomic E-state index is 0.0458. The van der Waals surface area contributed by atoms with Crippen molar-refractivity contribution < 1.29 is 0 Å². The van der Waals surface area contributed by atoms with Crippen molar-refractivity contribution in [3.05, 3.63) is 0 Å². The summed E-state index contributed by atoms with van der Waals surface area (Å²) in [6.07, 6.45) is 2.68. The molecule has 2 aliphatic rings. The molecule has 88 valence electrons. The molecule has 2 N–H and O–H groups in total. The summed E-state index contributed by atoms with van der Waals surface area (Å²) < 4.78 is 0. The summed E-state index contributed by atoms with van der Waals surface area (Å²) in [5, 5.41) is 0. The second kappa shape index (κ2) is 4.04. The average molecular weight is 211 g/mol. The molecule has 0 aromatic carbocycles. The van der Waals surface area contributed by atoms with Crippen molar-refractivity contribution in [3.8, 4) is 0 Å². The summed E-state index contributed by atoms with van der Waals surface area (Å²) in [5.74, 6) is 0.782. The SMILES string of the molecule is CC1CN(C)CCN1CC(C)(N)C1CC1. The van der Waals surface area contributed by atoms with Gasteiger partial charge in [0.15, 0.2) is 0 Å². The van der Waals surface area contributed by atoms with Gasteiger partial charge in [0.25, 0.3) is 0 Å². The maximum Gasteiger partial charge on any atom is 0.0283 e. The quantitative estimate of drug-likeness (QED) is 0.748. The molecule has 3 nitrogen and oxygen atoms in total. The summed E-state index contributed by atoms with van der Waals surface area (Å²) in [7, 11) is 2.20. The van der Waals surface area contributed by atoms with Crippen molar-refractivity contribution in [1.82, 2.24) is 9.80 Å². The van der Waals surface area contributed by atoms with Gasteiger partial charge in [0.1, 0.15) is 0 Å². The van der Waals surface area contributed by atoms with E-state index in [0.717, 1.165) is 12.5 Å². The van der Waals surface area contributed by atoms with E-state index in [4.69, 9.17) is 5.73 Å². The number of likely N-dealkylation sites (N-methyl/N-ethyl adjacent to an activating group) is 1. The lowest BCUT2D eigenvalue weighted by Gasteiger charge is -2.42. The van der Waals surface area contributed by atoms with Gasteiger partial charge in [-0.05, 0) is 39.7 Å². The molecule has 2 unspecified atom stereocenters. The molecule has 0 aromatic rings. The molecule has 2 fully saturated rings. The first-order chi connectivity index (χ1) is 6.99. The summed E-state index contributed by atoms with van der Waals surface area (Å²) in [6, 6.07) is 0.658. The Morgan fingerprint density at radius 1 is 1.33 bits per heavy atom. The molecule has 15 heavy (non-hydrogen) atoms. The first-order valence-electron chi connectivity index (χ1n) is 6.20. The number of hydrogen-bond donors (Lipinski definition) is 1. The molecule has 1 saturated heterocycles. The Morgan fingerprint density at radius 2 is 2.00 bits per heavy atom. The summed E-state index contributed by atoms with van der Waals surface area (Å²) in [4.78, 5) is 4.98. The second-order valence-corrected chi connectivity index (χ2v) is 5.86. The first-order valence-corrected chi connectivity index (χ1v) is 6.20. The van der Waals surface area contributed by atoms with Crippen LogP contribution < -0.4 is 5.73 Å². The van der Waals surface area contributed by atoms with E-state index in [1.165, 1.54) is 32.5 Å². The van der Waals surface area contributed by atoms with Gasteiger partial charge in [0.05, 0.1) is 0 Å². The minimum Gasteiger partial charge on any atom is -0.324 e. The highest BCUT2D eigenvalue weighted by Crippen LogP contribution is 2.38. The molecular formula is C12H25N3. The average Bonchev–Trinajstić information content (AvgIpc) is 2.92. The van der Waals surface area contributed by atoms with Gasteiger partial charge in [-0.2, -0.15) is 0 Å². The largest absolute Gasteiger partial charge is 0.324 e. The molecular weight excluding hydrogens is 186 g/mol. The van der Waals surface area contributed by atoms with E-state index in [2.05, 4.69) is 30.7 Å². The fourth-order valence-corrected chi connectivity index (χ4v) is 2.72. The van der Waals surface area contributed by atoms with Gasteiger partial charge >= 0.3 is 0 Å². The normalized spacial score (nSPS) is 34.0. The molecule has 2 atom stereocenters. The van der Waals surface area contributed by atoms with Gasteiger partial charge in [0.2, 0.25) is 0 Å². The number of hydrogen-bond acceptors (Lipinski definition) is 3. The van der Waals surface area contributed by atoms with Crippen LogP contribution in [0, 0.1) is 5.92 Å². The van der Waals surface area contributed by atoms with E-state index in [9.17, 15) is 0 Å². The minimum atomic E-state index is 0.0458. The van der Waals surface area contributed by atoms with Crippen LogP contribution in [0.15, 0.2) is 0 Å². The van der Waals surface area contributed by atoms with Gasteiger partial charge in [-0.25, -0.2) is 0 Å². The monoisotopic (exact) mass is 211 g/mol. The van der Waals surface area contributed by atoms with Crippen LogP contribution >= 0.6 is 0 Å². The zero-order chi connectivity index (χ0) is 11.1. The molecule has 0 bridgehead atoms. The second-order valence-electron chi connectivity index (χ2n) is 5.86. The molecule has 0 amide bonds. The summed E-state index contributed by atoms with van der Waals surface area (Å²) in [5.41, 5.74) is 6.44. The Labute approximate surface area is 93.6 Å². The highest BCUT2D eigenvalue weighted by molar-refractivity contribution is 4.98. The van der Waals surface area contributed by atoms with Crippen LogP contribution in [-0.4, -0.2) is 54.6 Å². The standard InChI is InChI=1S/C12H25N3/c1-10-8-14(3)6-7-15(10)9-12(2,13)11-4-5-11/h10-11H,4-9,13H2,1-3H3. The van der Waals surface area contributed by atoms with Crippen LogP contribution in [0.3, 0.4) is 0 Å². The van der Waals surface area contributed by atoms with Gasteiger partial charge < -0.3 is 10.6 Å². The first kappa shape index (κ1) is 11.4. The van der Waals surface area contributed by atoms with Gasteiger partial charge in [-0.3, -0.25) is 4.90 Å². The molecule has 0 radical (unpaired) electrons. The molecule has 1 saturated carbocycles. The van der Waals surface area contributed by atoms with Crippen molar-refractivity contribution in [3.63, 3.8) is 0 Å². The smallest absolute Gasteiger partial charge is 0.0283 e. The van der Waals surface area contributed by atoms with Crippen LogP contribution in [0.1, 0.15) is 26.7 Å². The van der Waals surface area contributed by atoms with Crippen molar-refractivity contribution >= 4 is 0 Å². The van der Waals surface area contributed by atoms with Crippen LogP contribution in [0.5, 0.6) is 0 Å². The van der Waals surface area contributed by atoms with E-state index in [-0.39, 0.29) is 5.54 Å². The number of nitrogens with two attached hydrogens (primary N) is 1. The summed E-state index contributed by atoms with van der Waals surface area (Å²) >= 11 is 0. The molecule has 0 spiro atoms. The molecule has 0 aromatic heterocycles. The molecule has 1 heterocycles. The van der Waals surface area contributed by atoms with E-state index >= 15 is 0 Å². The third kappa shape index (κ3) is 2.71. The molecule has 3 heteroatoms. The predicted octanol–water partition coefficient (Wildman–Crippen LogP) is 0.750. The van der Waals surface area contributed by atoms with E-state index < -0.39 is 0 Å². The van der Waals surface area contributed by atoms with Crippen molar-refractivity contribution in [2.75, 3.05) is 33.2 Å². The van der Waals surface area contributed by atoms with Crippen LogP contribution in [0.2, 0.25) is 0 Å². The van der Waals surface area contributed by atoms with Crippen LogP contribution in [-0.2, 0) is 0 Å². The summed E-state index contributed by atoms with van der Waals surface area (Å²) in [6.45, 7) is 9.17. The van der Waals surface area contributed by atoms with Gasteiger partial charge in [0, 0.05) is 37.8 Å². The van der Waals surface area contributed by atoms with E-state index in [1.807, 2.05) is 0 Å². The molecule has 1 aliphatic carbocycles. The van der Waals surface area contributed by atoms with Crippen molar-refractivity contribution in [2.45, 2.75) is 38.3 Å². The topological polar surface area (TPSA) is 32.5 Å². The van der Waals surface area contributed by atoms with Crippen molar-refractivity contribution in [1.29, 1.82) is 0 Å². The maximum absolute atomic E-state index is 6.39. The third-order valence-electron chi connectivity index (χ3n) is 4.02. The zero-order valence-corrected chi connectivity index (χ0v) is 10.4. The van der Waals surface area contributed by atoms with Crippen LogP contribution in [0.25, 0.3) is 0 Å².